The zero-order valence-electron chi connectivity index (χ0n) is 18.8. The standard InChI is InChI=1S/C29H24N2O2/c1-18-15-19(2)28-24(16-18)25(17-27(30-28)21-11-13-22(33-3)14-12-21)29(32)31-26-10-6-8-20-7-4-5-9-23(20)26/h4-17H,1-3H3,(H,31,32). The molecule has 0 radical (unpaired) electrons. The molecule has 0 aliphatic heterocycles. The van der Waals surface area contributed by atoms with E-state index < -0.39 is 0 Å². The maximum atomic E-state index is 13.6. The van der Waals surface area contributed by atoms with Crippen LogP contribution in [0.1, 0.15) is 21.5 Å². The molecule has 0 saturated carbocycles. The van der Waals surface area contributed by atoms with Gasteiger partial charge in [-0.3, -0.25) is 4.79 Å². The van der Waals surface area contributed by atoms with Crippen LogP contribution in [-0.2, 0) is 0 Å². The van der Waals surface area contributed by atoms with Crippen molar-refractivity contribution in [1.82, 2.24) is 4.98 Å². The smallest absolute Gasteiger partial charge is 0.256 e. The van der Waals surface area contributed by atoms with Crippen molar-refractivity contribution >= 4 is 33.3 Å². The first-order valence-electron chi connectivity index (χ1n) is 10.9. The lowest BCUT2D eigenvalue weighted by molar-refractivity contribution is 0.102. The topological polar surface area (TPSA) is 51.2 Å². The quantitative estimate of drug-likeness (QED) is 0.335. The summed E-state index contributed by atoms with van der Waals surface area (Å²) < 4.78 is 5.29. The summed E-state index contributed by atoms with van der Waals surface area (Å²) in [5.74, 6) is 0.624. The first-order valence-corrected chi connectivity index (χ1v) is 10.9. The van der Waals surface area contributed by atoms with Gasteiger partial charge in [0.15, 0.2) is 0 Å². The Morgan fingerprint density at radius 2 is 1.61 bits per heavy atom. The average molecular weight is 433 g/mol. The molecule has 1 amide bonds. The molecule has 33 heavy (non-hydrogen) atoms. The van der Waals surface area contributed by atoms with E-state index in [1.54, 1.807) is 7.11 Å². The monoisotopic (exact) mass is 432 g/mol. The third-order valence-corrected chi connectivity index (χ3v) is 5.92. The number of ether oxygens (including phenoxy) is 1. The van der Waals surface area contributed by atoms with Gasteiger partial charge in [0.1, 0.15) is 5.75 Å². The van der Waals surface area contributed by atoms with Crippen LogP contribution in [0, 0.1) is 13.8 Å². The van der Waals surface area contributed by atoms with Gasteiger partial charge >= 0.3 is 0 Å². The van der Waals surface area contributed by atoms with Crippen LogP contribution in [-0.4, -0.2) is 18.0 Å². The Labute approximate surface area is 192 Å². The number of aryl methyl sites for hydroxylation is 2. The zero-order chi connectivity index (χ0) is 22.9. The lowest BCUT2D eigenvalue weighted by atomic mass is 9.99. The highest BCUT2D eigenvalue weighted by Crippen LogP contribution is 2.30. The van der Waals surface area contributed by atoms with Gasteiger partial charge in [0, 0.05) is 22.0 Å². The van der Waals surface area contributed by atoms with Crippen molar-refractivity contribution in [3.8, 4) is 17.0 Å². The fourth-order valence-corrected chi connectivity index (χ4v) is 4.30. The number of carbonyl (C=O) groups is 1. The van der Waals surface area contributed by atoms with E-state index in [0.717, 1.165) is 55.5 Å². The van der Waals surface area contributed by atoms with Crippen molar-refractivity contribution in [2.45, 2.75) is 13.8 Å². The second kappa shape index (κ2) is 8.40. The molecular formula is C29H24N2O2. The summed E-state index contributed by atoms with van der Waals surface area (Å²) in [5.41, 5.74) is 6.04. The number of hydrogen-bond donors (Lipinski definition) is 1. The Morgan fingerprint density at radius 1 is 0.848 bits per heavy atom. The minimum absolute atomic E-state index is 0.154. The Morgan fingerprint density at radius 3 is 2.39 bits per heavy atom. The second-order valence-corrected chi connectivity index (χ2v) is 8.24. The Bertz CT molecular complexity index is 1500. The lowest BCUT2D eigenvalue weighted by Gasteiger charge is -2.14. The van der Waals surface area contributed by atoms with Crippen LogP contribution >= 0.6 is 0 Å². The van der Waals surface area contributed by atoms with Gasteiger partial charge in [0.2, 0.25) is 0 Å². The number of aromatic nitrogens is 1. The predicted molar refractivity (Wildman–Crippen MR) is 135 cm³/mol. The van der Waals surface area contributed by atoms with Gasteiger partial charge < -0.3 is 10.1 Å². The summed E-state index contributed by atoms with van der Waals surface area (Å²) in [7, 11) is 1.64. The highest BCUT2D eigenvalue weighted by molar-refractivity contribution is 6.15. The van der Waals surface area contributed by atoms with E-state index in [-0.39, 0.29) is 5.91 Å². The minimum Gasteiger partial charge on any atom is -0.497 e. The van der Waals surface area contributed by atoms with Gasteiger partial charge in [-0.2, -0.15) is 0 Å². The molecule has 4 nitrogen and oxygen atoms in total. The number of nitrogens with zero attached hydrogens (tertiary/aromatic N) is 1. The third-order valence-electron chi connectivity index (χ3n) is 5.92. The van der Waals surface area contributed by atoms with Crippen LogP contribution in [0.4, 0.5) is 5.69 Å². The normalized spacial score (nSPS) is 11.0. The molecule has 4 heteroatoms. The third kappa shape index (κ3) is 3.92. The van der Waals surface area contributed by atoms with Gasteiger partial charge in [0.25, 0.3) is 5.91 Å². The zero-order valence-corrected chi connectivity index (χ0v) is 18.8. The van der Waals surface area contributed by atoms with Crippen molar-refractivity contribution < 1.29 is 9.53 Å². The van der Waals surface area contributed by atoms with Crippen LogP contribution in [0.3, 0.4) is 0 Å². The predicted octanol–water partition coefficient (Wildman–Crippen LogP) is 6.93. The Kier molecular flexibility index (Phi) is 5.27. The number of methoxy groups -OCH3 is 1. The number of rotatable bonds is 4. The van der Waals surface area contributed by atoms with E-state index in [0.29, 0.717) is 5.56 Å². The summed E-state index contributed by atoms with van der Waals surface area (Å²) in [6, 6.07) is 27.7. The number of fused-ring (bicyclic) bond motifs is 2. The summed E-state index contributed by atoms with van der Waals surface area (Å²) in [6.07, 6.45) is 0. The molecule has 0 unspecified atom stereocenters. The van der Waals surface area contributed by atoms with E-state index in [1.807, 2.05) is 92.7 Å². The van der Waals surface area contributed by atoms with Crippen molar-refractivity contribution in [3.05, 3.63) is 102 Å². The van der Waals surface area contributed by atoms with E-state index in [2.05, 4.69) is 11.4 Å². The van der Waals surface area contributed by atoms with Crippen molar-refractivity contribution in [1.29, 1.82) is 0 Å². The fourth-order valence-electron chi connectivity index (χ4n) is 4.30. The molecule has 0 aliphatic rings. The van der Waals surface area contributed by atoms with E-state index in [4.69, 9.17) is 9.72 Å². The molecule has 1 heterocycles. The van der Waals surface area contributed by atoms with Gasteiger partial charge in [-0.25, -0.2) is 4.98 Å². The molecule has 5 aromatic rings. The molecule has 0 saturated heterocycles. The molecule has 0 bridgehead atoms. The number of amides is 1. The SMILES string of the molecule is COc1ccc(-c2cc(C(=O)Nc3cccc4ccccc34)c3cc(C)cc(C)c3n2)cc1. The highest BCUT2D eigenvalue weighted by Gasteiger charge is 2.17. The number of benzene rings is 4. The fraction of sp³-hybridized carbons (Fsp3) is 0.103. The summed E-state index contributed by atoms with van der Waals surface area (Å²) >= 11 is 0. The molecule has 0 spiro atoms. The molecule has 0 atom stereocenters. The molecule has 0 fully saturated rings. The molecular weight excluding hydrogens is 408 g/mol. The Balaban J connectivity index is 1.65. The molecule has 1 N–H and O–H groups in total. The summed E-state index contributed by atoms with van der Waals surface area (Å²) in [4.78, 5) is 18.5. The maximum Gasteiger partial charge on any atom is 0.256 e. The first-order chi connectivity index (χ1) is 16.0. The molecule has 162 valence electrons. The molecule has 4 aromatic carbocycles. The lowest BCUT2D eigenvalue weighted by Crippen LogP contribution is -2.13. The largest absolute Gasteiger partial charge is 0.497 e. The molecule has 0 aliphatic carbocycles. The van der Waals surface area contributed by atoms with Gasteiger partial charge in [-0.1, -0.05) is 48.0 Å². The summed E-state index contributed by atoms with van der Waals surface area (Å²) in [6.45, 7) is 4.07. The van der Waals surface area contributed by atoms with Crippen molar-refractivity contribution in [2.75, 3.05) is 12.4 Å². The van der Waals surface area contributed by atoms with Gasteiger partial charge in [-0.15, -0.1) is 0 Å². The maximum absolute atomic E-state index is 13.6. The Hall–Kier alpha value is -4.18. The first kappa shape index (κ1) is 20.7. The second-order valence-electron chi connectivity index (χ2n) is 8.24. The van der Waals surface area contributed by atoms with Crippen LogP contribution in [0.5, 0.6) is 5.75 Å². The molecule has 1 aromatic heterocycles. The van der Waals surface area contributed by atoms with Crippen molar-refractivity contribution in [3.63, 3.8) is 0 Å². The number of carbonyl (C=O) groups excluding carboxylic acids is 1. The van der Waals surface area contributed by atoms with E-state index in [9.17, 15) is 4.79 Å². The van der Waals surface area contributed by atoms with Crippen LogP contribution in [0.2, 0.25) is 0 Å². The average Bonchev–Trinajstić information content (AvgIpc) is 2.84. The minimum atomic E-state index is -0.154. The van der Waals surface area contributed by atoms with Crippen LogP contribution in [0.25, 0.3) is 32.9 Å². The number of hydrogen-bond acceptors (Lipinski definition) is 3. The van der Waals surface area contributed by atoms with Crippen LogP contribution < -0.4 is 10.1 Å². The van der Waals surface area contributed by atoms with Gasteiger partial charge in [-0.05, 0) is 67.3 Å². The van der Waals surface area contributed by atoms with E-state index in [1.165, 1.54) is 0 Å². The van der Waals surface area contributed by atoms with Gasteiger partial charge in [0.05, 0.1) is 23.9 Å². The van der Waals surface area contributed by atoms with Crippen molar-refractivity contribution in [2.24, 2.45) is 0 Å². The van der Waals surface area contributed by atoms with Crippen LogP contribution in [0.15, 0.2) is 84.9 Å². The van der Waals surface area contributed by atoms with E-state index >= 15 is 0 Å². The molecule has 5 rings (SSSR count). The number of anilines is 1. The summed E-state index contributed by atoms with van der Waals surface area (Å²) in [5, 5.41) is 6.08. The number of nitrogens with one attached hydrogen (secondary N) is 1. The highest BCUT2D eigenvalue weighted by atomic mass is 16.5. The number of pyridine rings is 1.